The summed E-state index contributed by atoms with van der Waals surface area (Å²) in [5.74, 6) is -0.0303. The summed E-state index contributed by atoms with van der Waals surface area (Å²) in [5, 5.41) is 9.79. The fourth-order valence-electron chi connectivity index (χ4n) is 1.20. The molecule has 6 heteroatoms. The molecular formula is C10H18N4O2. The molecule has 0 saturated carbocycles. The van der Waals surface area contributed by atoms with Crippen molar-refractivity contribution in [3.8, 4) is 0 Å². The van der Waals surface area contributed by atoms with E-state index < -0.39 is 0 Å². The Labute approximate surface area is 95.0 Å². The molecule has 0 fully saturated rings. The molecule has 1 aromatic heterocycles. The zero-order valence-corrected chi connectivity index (χ0v) is 9.69. The molecule has 1 aromatic rings. The molecule has 0 saturated heterocycles. The summed E-state index contributed by atoms with van der Waals surface area (Å²) in [7, 11) is 3.47. The fourth-order valence-corrected chi connectivity index (χ4v) is 1.20. The van der Waals surface area contributed by atoms with Crippen LogP contribution >= 0.6 is 0 Å². The van der Waals surface area contributed by atoms with Gasteiger partial charge in [0, 0.05) is 26.9 Å². The van der Waals surface area contributed by atoms with Crippen molar-refractivity contribution in [2.45, 2.75) is 6.54 Å². The zero-order valence-electron chi connectivity index (χ0n) is 9.69. The Morgan fingerprint density at radius 2 is 2.44 bits per heavy atom. The van der Waals surface area contributed by atoms with E-state index in [-0.39, 0.29) is 5.91 Å². The first-order valence-electron chi connectivity index (χ1n) is 5.17. The molecule has 0 atom stereocenters. The fraction of sp³-hybridized carbons (Fsp3) is 0.600. The van der Waals surface area contributed by atoms with E-state index in [1.165, 1.54) is 0 Å². The minimum absolute atomic E-state index is 0.0303. The van der Waals surface area contributed by atoms with Gasteiger partial charge in [0.25, 0.3) is 0 Å². The monoisotopic (exact) mass is 226 g/mol. The number of nitrogens with one attached hydrogen (secondary N) is 2. The number of amides is 1. The number of carbonyl (C=O) groups excluding carboxylic acids is 1. The van der Waals surface area contributed by atoms with Crippen molar-refractivity contribution in [1.82, 2.24) is 20.4 Å². The molecular weight excluding hydrogens is 208 g/mol. The van der Waals surface area contributed by atoms with Crippen LogP contribution in [0.15, 0.2) is 12.3 Å². The van der Waals surface area contributed by atoms with E-state index in [2.05, 4.69) is 15.7 Å². The molecule has 0 spiro atoms. The molecule has 0 unspecified atom stereocenters. The third-order valence-corrected chi connectivity index (χ3v) is 2.16. The van der Waals surface area contributed by atoms with Crippen molar-refractivity contribution < 1.29 is 9.53 Å². The van der Waals surface area contributed by atoms with Crippen LogP contribution in [-0.4, -0.2) is 42.5 Å². The van der Waals surface area contributed by atoms with E-state index in [4.69, 9.17) is 4.74 Å². The third-order valence-electron chi connectivity index (χ3n) is 2.16. The molecule has 0 bridgehead atoms. The molecule has 1 heterocycles. The minimum Gasteiger partial charge on any atom is -0.383 e. The van der Waals surface area contributed by atoms with Crippen molar-refractivity contribution >= 4 is 5.91 Å². The van der Waals surface area contributed by atoms with Crippen LogP contribution < -0.4 is 10.6 Å². The van der Waals surface area contributed by atoms with Crippen molar-refractivity contribution in [2.24, 2.45) is 7.05 Å². The highest BCUT2D eigenvalue weighted by Gasteiger charge is 2.02. The Balaban J connectivity index is 2.13. The number of hydrogen-bond acceptors (Lipinski definition) is 4. The van der Waals surface area contributed by atoms with Crippen LogP contribution in [0.1, 0.15) is 5.69 Å². The maximum Gasteiger partial charge on any atom is 0.234 e. The van der Waals surface area contributed by atoms with Crippen molar-refractivity contribution in [3.63, 3.8) is 0 Å². The summed E-state index contributed by atoms with van der Waals surface area (Å²) in [6.07, 6.45) is 1.71. The van der Waals surface area contributed by atoms with E-state index in [1.54, 1.807) is 18.0 Å². The van der Waals surface area contributed by atoms with Gasteiger partial charge in [0.05, 0.1) is 25.4 Å². The van der Waals surface area contributed by atoms with Gasteiger partial charge in [0.15, 0.2) is 0 Å². The zero-order chi connectivity index (χ0) is 11.8. The first-order valence-corrected chi connectivity index (χ1v) is 5.17. The quantitative estimate of drug-likeness (QED) is 0.602. The predicted octanol–water partition coefficient (Wildman–Crippen LogP) is -0.728. The van der Waals surface area contributed by atoms with E-state index in [0.717, 1.165) is 5.69 Å². The van der Waals surface area contributed by atoms with Gasteiger partial charge in [-0.1, -0.05) is 0 Å². The lowest BCUT2D eigenvalue weighted by atomic mass is 10.4. The normalized spacial score (nSPS) is 10.4. The first-order chi connectivity index (χ1) is 7.74. The molecule has 90 valence electrons. The van der Waals surface area contributed by atoms with E-state index in [0.29, 0.717) is 26.2 Å². The van der Waals surface area contributed by atoms with Crippen LogP contribution in [0.2, 0.25) is 0 Å². The summed E-state index contributed by atoms with van der Waals surface area (Å²) in [4.78, 5) is 11.4. The van der Waals surface area contributed by atoms with Gasteiger partial charge in [-0.2, -0.15) is 5.10 Å². The maximum atomic E-state index is 11.4. The molecule has 0 aliphatic rings. The SMILES string of the molecule is COCCNCC(=O)NCc1ccnn1C. The van der Waals surface area contributed by atoms with E-state index in [1.807, 2.05) is 13.1 Å². The number of rotatable bonds is 7. The number of methoxy groups -OCH3 is 1. The Morgan fingerprint density at radius 3 is 3.06 bits per heavy atom. The van der Waals surface area contributed by atoms with E-state index in [9.17, 15) is 4.79 Å². The molecule has 2 N–H and O–H groups in total. The van der Waals surface area contributed by atoms with Gasteiger partial charge < -0.3 is 15.4 Å². The van der Waals surface area contributed by atoms with Gasteiger partial charge in [-0.15, -0.1) is 0 Å². The van der Waals surface area contributed by atoms with Gasteiger partial charge in [-0.25, -0.2) is 0 Å². The molecule has 16 heavy (non-hydrogen) atoms. The average Bonchev–Trinajstić information content (AvgIpc) is 2.67. The Hall–Kier alpha value is -1.40. The second-order valence-corrected chi connectivity index (χ2v) is 3.39. The minimum atomic E-state index is -0.0303. The largest absolute Gasteiger partial charge is 0.383 e. The van der Waals surface area contributed by atoms with Gasteiger partial charge in [0.2, 0.25) is 5.91 Å². The average molecular weight is 226 g/mol. The third kappa shape index (κ3) is 4.41. The topological polar surface area (TPSA) is 68.2 Å². The summed E-state index contributed by atoms with van der Waals surface area (Å²) in [5.41, 5.74) is 0.977. The van der Waals surface area contributed by atoms with E-state index >= 15 is 0 Å². The number of ether oxygens (including phenoxy) is 1. The standard InChI is InChI=1S/C10H18N4O2/c1-14-9(3-4-13-14)7-12-10(15)8-11-5-6-16-2/h3-4,11H,5-8H2,1-2H3,(H,12,15). The molecule has 0 aliphatic heterocycles. The van der Waals surface area contributed by atoms with Crippen LogP contribution in [0.3, 0.4) is 0 Å². The van der Waals surface area contributed by atoms with Crippen molar-refractivity contribution in [2.75, 3.05) is 26.8 Å². The maximum absolute atomic E-state index is 11.4. The van der Waals surface area contributed by atoms with Crippen LogP contribution in [0.25, 0.3) is 0 Å². The number of aromatic nitrogens is 2. The van der Waals surface area contributed by atoms with Gasteiger partial charge >= 0.3 is 0 Å². The molecule has 1 amide bonds. The lowest BCUT2D eigenvalue weighted by Crippen LogP contribution is -2.35. The van der Waals surface area contributed by atoms with Crippen LogP contribution in [0.4, 0.5) is 0 Å². The summed E-state index contributed by atoms with van der Waals surface area (Å²) in [6.45, 7) is 2.09. The van der Waals surface area contributed by atoms with Gasteiger partial charge in [0.1, 0.15) is 0 Å². The van der Waals surface area contributed by atoms with Crippen LogP contribution in [0.5, 0.6) is 0 Å². The highest BCUT2D eigenvalue weighted by molar-refractivity contribution is 5.77. The summed E-state index contributed by atoms with van der Waals surface area (Å²) >= 11 is 0. The number of hydrogen-bond donors (Lipinski definition) is 2. The molecule has 0 aliphatic carbocycles. The highest BCUT2D eigenvalue weighted by atomic mass is 16.5. The lowest BCUT2D eigenvalue weighted by molar-refractivity contribution is -0.120. The second-order valence-electron chi connectivity index (χ2n) is 3.39. The van der Waals surface area contributed by atoms with Crippen molar-refractivity contribution in [1.29, 1.82) is 0 Å². The Bertz CT molecular complexity index is 324. The lowest BCUT2D eigenvalue weighted by Gasteiger charge is -2.06. The number of aryl methyl sites for hydroxylation is 1. The van der Waals surface area contributed by atoms with Gasteiger partial charge in [-0.3, -0.25) is 9.48 Å². The van der Waals surface area contributed by atoms with Gasteiger partial charge in [-0.05, 0) is 6.07 Å². The molecule has 1 rings (SSSR count). The van der Waals surface area contributed by atoms with Crippen LogP contribution in [0, 0.1) is 0 Å². The van der Waals surface area contributed by atoms with Crippen molar-refractivity contribution in [3.05, 3.63) is 18.0 Å². The number of carbonyl (C=O) groups is 1. The molecule has 0 radical (unpaired) electrons. The summed E-state index contributed by atoms with van der Waals surface area (Å²) < 4.78 is 6.59. The summed E-state index contributed by atoms with van der Waals surface area (Å²) in [6, 6.07) is 1.87. The smallest absolute Gasteiger partial charge is 0.234 e. The first kappa shape index (κ1) is 12.7. The highest BCUT2D eigenvalue weighted by Crippen LogP contribution is 1.94. The molecule has 6 nitrogen and oxygen atoms in total. The predicted molar refractivity (Wildman–Crippen MR) is 59.8 cm³/mol. The van der Waals surface area contributed by atoms with Crippen LogP contribution in [-0.2, 0) is 23.1 Å². The Morgan fingerprint density at radius 1 is 1.62 bits per heavy atom. The second kappa shape index (κ2) is 6.97. The Kier molecular flexibility index (Phi) is 5.52. The molecule has 0 aromatic carbocycles. The number of nitrogens with zero attached hydrogens (tertiary/aromatic N) is 2.